The Balaban J connectivity index is 2.09. The lowest BCUT2D eigenvalue weighted by Crippen LogP contribution is -2.23. The van der Waals surface area contributed by atoms with E-state index in [9.17, 15) is 9.59 Å². The maximum absolute atomic E-state index is 13.1. The number of ether oxygens (including phenoxy) is 1. The number of halogens is 2. The Kier molecular flexibility index (Phi) is 7.38. The second-order valence-electron chi connectivity index (χ2n) is 6.59. The molecular formula is C21H20Br2N4O3. The minimum absolute atomic E-state index is 0.252. The summed E-state index contributed by atoms with van der Waals surface area (Å²) in [5.41, 5.74) is 6.14. The Morgan fingerprint density at radius 3 is 2.70 bits per heavy atom. The second-order valence-corrected chi connectivity index (χ2v) is 8.42. The number of hydrogen-bond acceptors (Lipinski definition) is 5. The molecule has 0 saturated heterocycles. The number of fused-ring (bicyclic) bond motifs is 1. The molecule has 9 heteroatoms. The first kappa shape index (κ1) is 22.2. The van der Waals surface area contributed by atoms with E-state index in [-0.39, 0.29) is 12.2 Å². The van der Waals surface area contributed by atoms with Gasteiger partial charge in [-0.15, -0.1) is 0 Å². The van der Waals surface area contributed by atoms with Gasteiger partial charge >= 0.3 is 0 Å². The number of aromatic nitrogens is 2. The molecule has 7 nitrogen and oxygen atoms in total. The molecule has 3 rings (SSSR count). The maximum atomic E-state index is 13.1. The lowest BCUT2D eigenvalue weighted by molar-refractivity contribution is -0.119. The van der Waals surface area contributed by atoms with E-state index in [1.807, 2.05) is 12.1 Å². The van der Waals surface area contributed by atoms with Gasteiger partial charge in [-0.2, -0.15) is 9.78 Å². The Bertz CT molecular complexity index is 1170. The number of amides is 1. The minimum atomic E-state index is -0.580. The zero-order chi connectivity index (χ0) is 21.7. The van der Waals surface area contributed by atoms with Crippen LogP contribution >= 0.6 is 31.9 Å². The molecule has 0 radical (unpaired) electrons. The third-order valence-electron chi connectivity index (χ3n) is 4.28. The number of carbonyl (C=O) groups excluding carboxylic acids is 1. The van der Waals surface area contributed by atoms with Crippen molar-refractivity contribution in [2.75, 3.05) is 6.61 Å². The number of hydrogen-bond donors (Lipinski definition) is 1. The first-order valence-electron chi connectivity index (χ1n) is 9.35. The number of rotatable bonds is 8. The predicted molar refractivity (Wildman–Crippen MR) is 124 cm³/mol. The normalized spacial score (nSPS) is 11.3. The van der Waals surface area contributed by atoms with E-state index in [1.54, 1.807) is 24.3 Å². The van der Waals surface area contributed by atoms with Crippen molar-refractivity contribution in [1.29, 1.82) is 0 Å². The molecule has 0 aliphatic heterocycles. The molecule has 1 aromatic heterocycles. The standard InChI is InChI=1S/C21H20Br2N4O3/c1-2-3-4-20-26-17-7-5-15(23)10-16(17)21(29)27(20)25-11-13-9-14(22)6-8-18(13)30-12-19(24)28/h5-11H,2-4,12H2,1H3,(H2,24,28). The second kappa shape index (κ2) is 9.99. The van der Waals surface area contributed by atoms with Crippen molar-refractivity contribution in [3.05, 3.63) is 67.1 Å². The van der Waals surface area contributed by atoms with E-state index >= 15 is 0 Å². The summed E-state index contributed by atoms with van der Waals surface area (Å²) in [5.74, 6) is 0.436. The number of benzene rings is 2. The summed E-state index contributed by atoms with van der Waals surface area (Å²) in [7, 11) is 0. The topological polar surface area (TPSA) is 99.6 Å². The molecule has 156 valence electrons. The number of carbonyl (C=O) groups is 1. The molecule has 0 atom stereocenters. The number of nitrogens with zero attached hydrogens (tertiary/aromatic N) is 3. The molecule has 0 saturated carbocycles. The Morgan fingerprint density at radius 1 is 1.23 bits per heavy atom. The third kappa shape index (κ3) is 5.34. The molecule has 0 aliphatic carbocycles. The van der Waals surface area contributed by atoms with E-state index in [4.69, 9.17) is 10.5 Å². The molecule has 1 amide bonds. The molecule has 0 aliphatic rings. The van der Waals surface area contributed by atoms with Crippen molar-refractivity contribution in [3.63, 3.8) is 0 Å². The summed E-state index contributed by atoms with van der Waals surface area (Å²) in [5, 5.41) is 4.90. The first-order chi connectivity index (χ1) is 14.4. The molecule has 3 aromatic rings. The molecule has 1 heterocycles. The molecule has 0 spiro atoms. The van der Waals surface area contributed by atoms with Crippen LogP contribution in [-0.2, 0) is 11.2 Å². The first-order valence-corrected chi connectivity index (χ1v) is 10.9. The quantitative estimate of drug-likeness (QED) is 0.440. The van der Waals surface area contributed by atoms with E-state index in [1.165, 1.54) is 10.9 Å². The summed E-state index contributed by atoms with van der Waals surface area (Å²) < 4.78 is 8.37. The summed E-state index contributed by atoms with van der Waals surface area (Å²) in [4.78, 5) is 28.9. The van der Waals surface area contributed by atoms with Gasteiger partial charge in [0.05, 0.1) is 17.1 Å². The van der Waals surface area contributed by atoms with E-state index in [0.717, 1.165) is 21.8 Å². The average Bonchev–Trinajstić information content (AvgIpc) is 2.71. The lowest BCUT2D eigenvalue weighted by atomic mass is 10.2. The van der Waals surface area contributed by atoms with Crippen molar-refractivity contribution < 1.29 is 9.53 Å². The monoisotopic (exact) mass is 534 g/mol. The zero-order valence-electron chi connectivity index (χ0n) is 16.3. The molecule has 0 unspecified atom stereocenters. The van der Waals surface area contributed by atoms with Crippen LogP contribution in [0, 0.1) is 0 Å². The highest BCUT2D eigenvalue weighted by Gasteiger charge is 2.11. The van der Waals surface area contributed by atoms with Crippen LogP contribution in [0.4, 0.5) is 0 Å². The fourth-order valence-electron chi connectivity index (χ4n) is 2.83. The van der Waals surface area contributed by atoms with E-state index in [0.29, 0.717) is 34.5 Å². The molecular weight excluding hydrogens is 516 g/mol. The summed E-state index contributed by atoms with van der Waals surface area (Å²) in [6.45, 7) is 1.82. The third-order valence-corrected chi connectivity index (χ3v) is 5.27. The number of nitrogens with two attached hydrogens (primary N) is 1. The van der Waals surface area contributed by atoms with Gasteiger partial charge in [-0.05, 0) is 42.8 Å². The van der Waals surface area contributed by atoms with Crippen LogP contribution in [0.25, 0.3) is 10.9 Å². The molecule has 2 N–H and O–H groups in total. The van der Waals surface area contributed by atoms with Crippen molar-refractivity contribution in [1.82, 2.24) is 9.66 Å². The van der Waals surface area contributed by atoms with E-state index < -0.39 is 5.91 Å². The van der Waals surface area contributed by atoms with E-state index in [2.05, 4.69) is 48.9 Å². The SMILES string of the molecule is CCCCc1nc2ccc(Br)cc2c(=O)n1N=Cc1cc(Br)ccc1OCC(N)=O. The Hall–Kier alpha value is -2.52. The summed E-state index contributed by atoms with van der Waals surface area (Å²) in [6, 6.07) is 10.7. The highest BCUT2D eigenvalue weighted by molar-refractivity contribution is 9.10. The largest absolute Gasteiger partial charge is 0.483 e. The lowest BCUT2D eigenvalue weighted by Gasteiger charge is -2.10. The van der Waals surface area contributed by atoms with Gasteiger partial charge in [0.25, 0.3) is 11.5 Å². The van der Waals surface area contributed by atoms with Crippen LogP contribution in [-0.4, -0.2) is 28.4 Å². The summed E-state index contributed by atoms with van der Waals surface area (Å²) >= 11 is 6.81. The highest BCUT2D eigenvalue weighted by atomic mass is 79.9. The molecule has 0 fully saturated rings. The average molecular weight is 536 g/mol. The molecule has 0 bridgehead atoms. The van der Waals surface area contributed by atoms with Crippen LogP contribution in [0.15, 0.2) is 55.2 Å². The van der Waals surface area contributed by atoms with Crippen LogP contribution in [0.2, 0.25) is 0 Å². The fourth-order valence-corrected chi connectivity index (χ4v) is 3.57. The minimum Gasteiger partial charge on any atom is -0.483 e. The number of unbranched alkanes of at least 4 members (excludes halogenated alkanes) is 1. The van der Waals surface area contributed by atoms with Gasteiger partial charge in [0.1, 0.15) is 11.6 Å². The van der Waals surface area contributed by atoms with Crippen LogP contribution < -0.4 is 16.0 Å². The Morgan fingerprint density at radius 2 is 1.97 bits per heavy atom. The van der Waals surface area contributed by atoms with Crippen molar-refractivity contribution in [2.45, 2.75) is 26.2 Å². The van der Waals surface area contributed by atoms with Crippen molar-refractivity contribution >= 4 is 54.9 Å². The van der Waals surface area contributed by atoms with Crippen molar-refractivity contribution in [2.24, 2.45) is 10.8 Å². The van der Waals surface area contributed by atoms with Gasteiger partial charge < -0.3 is 10.5 Å². The summed E-state index contributed by atoms with van der Waals surface area (Å²) in [6.07, 6.45) is 3.99. The van der Waals surface area contributed by atoms with Gasteiger partial charge in [-0.3, -0.25) is 9.59 Å². The van der Waals surface area contributed by atoms with Crippen LogP contribution in [0.5, 0.6) is 5.75 Å². The number of aryl methyl sites for hydroxylation is 1. The Labute approximate surface area is 190 Å². The van der Waals surface area contributed by atoms with Gasteiger partial charge in [-0.25, -0.2) is 4.98 Å². The van der Waals surface area contributed by atoms with Gasteiger partial charge in [0.15, 0.2) is 6.61 Å². The highest BCUT2D eigenvalue weighted by Crippen LogP contribution is 2.22. The van der Waals surface area contributed by atoms with Gasteiger partial charge in [0.2, 0.25) is 0 Å². The smallest absolute Gasteiger partial charge is 0.282 e. The van der Waals surface area contributed by atoms with Gasteiger partial charge in [-0.1, -0.05) is 45.2 Å². The van der Waals surface area contributed by atoms with Crippen molar-refractivity contribution in [3.8, 4) is 5.75 Å². The van der Waals surface area contributed by atoms with Crippen LogP contribution in [0.1, 0.15) is 31.2 Å². The predicted octanol–water partition coefficient (Wildman–Crippen LogP) is 4.01. The maximum Gasteiger partial charge on any atom is 0.282 e. The molecule has 2 aromatic carbocycles. The fraction of sp³-hybridized carbons (Fsp3) is 0.238. The van der Waals surface area contributed by atoms with Crippen LogP contribution in [0.3, 0.4) is 0 Å². The van der Waals surface area contributed by atoms with Gasteiger partial charge in [0, 0.05) is 20.9 Å². The number of primary amides is 1. The zero-order valence-corrected chi connectivity index (χ0v) is 19.4. The molecule has 30 heavy (non-hydrogen) atoms.